The highest BCUT2D eigenvalue weighted by molar-refractivity contribution is 5.71. The van der Waals surface area contributed by atoms with E-state index in [9.17, 15) is 14.4 Å². The number of rotatable bonds is 57. The van der Waals surface area contributed by atoms with Gasteiger partial charge in [-0.25, -0.2) is 0 Å². The molecule has 0 N–H and O–H groups in total. The van der Waals surface area contributed by atoms with Crippen molar-refractivity contribution in [2.75, 3.05) is 13.2 Å². The van der Waals surface area contributed by atoms with E-state index in [0.29, 0.717) is 25.7 Å². The first kappa shape index (κ1) is 76.5. The minimum atomic E-state index is -0.810. The Morgan fingerprint density at radius 3 is 0.768 bits per heavy atom. The molecule has 1 atom stereocenters. The number of allylic oxidation sites excluding steroid dienone is 30. The molecule has 0 aromatic rings. The Kier molecular flexibility index (Phi) is 63.5. The standard InChI is InChI=1S/C76H118O6/c1-4-7-10-13-16-19-21-23-25-27-29-31-33-34-35-36-37-38-39-40-41-42-44-45-47-49-51-53-55-57-60-63-66-69-75(78)81-72-73(71-80-74(77)68-65-62-59-18-15-12-9-6-3)82-76(79)70-67-64-61-58-56-54-52-50-48-46-43-32-30-28-26-24-22-20-17-14-11-8-5-2/h7-8,10-11,16-17,19-20,23-26,29-32,34-35,37-38,40-41,44-46,48-49,51,55,57,73H,4-6,9,12-15,18,21-22,27-28,33,36,39,42-43,47,50,52-54,56,58-72H2,1-3H3/b10-7-,11-8-,19-16-,20-17-,25-23-,26-24-,31-29-,32-30-,35-34-,38-37-,41-40-,45-44-,48-46-,51-49-,57-55-. The fourth-order valence-electron chi connectivity index (χ4n) is 8.32. The number of carbonyl (C=O) groups is 3. The first-order valence-electron chi connectivity index (χ1n) is 32.8. The third-order valence-corrected chi connectivity index (χ3v) is 13.2. The summed E-state index contributed by atoms with van der Waals surface area (Å²) in [6.07, 6.45) is 102. The third-order valence-electron chi connectivity index (χ3n) is 13.2. The molecule has 0 fully saturated rings. The Balaban J connectivity index is 4.33. The van der Waals surface area contributed by atoms with Gasteiger partial charge in [0.1, 0.15) is 13.2 Å². The molecule has 0 amide bonds. The molecule has 0 saturated heterocycles. The summed E-state index contributed by atoms with van der Waals surface area (Å²) in [4.78, 5) is 38.2. The van der Waals surface area contributed by atoms with Gasteiger partial charge in [-0.3, -0.25) is 14.4 Å². The van der Waals surface area contributed by atoms with E-state index in [1.165, 1.54) is 51.4 Å². The number of hydrogen-bond donors (Lipinski definition) is 0. The highest BCUT2D eigenvalue weighted by Crippen LogP contribution is 2.14. The van der Waals surface area contributed by atoms with Crippen LogP contribution in [0.25, 0.3) is 0 Å². The molecule has 458 valence electrons. The van der Waals surface area contributed by atoms with Crippen molar-refractivity contribution in [3.8, 4) is 0 Å². The number of esters is 3. The zero-order valence-corrected chi connectivity index (χ0v) is 52.4. The van der Waals surface area contributed by atoms with Gasteiger partial charge in [-0.05, 0) is 141 Å². The Labute approximate surface area is 504 Å². The van der Waals surface area contributed by atoms with Crippen LogP contribution in [0.4, 0.5) is 0 Å². The molecule has 0 rings (SSSR count). The minimum absolute atomic E-state index is 0.103. The van der Waals surface area contributed by atoms with Crippen molar-refractivity contribution < 1.29 is 28.6 Å². The number of carbonyl (C=O) groups excluding carboxylic acids is 3. The lowest BCUT2D eigenvalue weighted by Crippen LogP contribution is -2.30. The van der Waals surface area contributed by atoms with Crippen molar-refractivity contribution in [2.24, 2.45) is 0 Å². The zero-order valence-electron chi connectivity index (χ0n) is 52.4. The molecule has 0 saturated carbocycles. The molecular formula is C76H118O6. The summed E-state index contributed by atoms with van der Waals surface area (Å²) in [7, 11) is 0. The average molecular weight is 1130 g/mol. The van der Waals surface area contributed by atoms with Crippen LogP contribution in [0.2, 0.25) is 0 Å². The van der Waals surface area contributed by atoms with Gasteiger partial charge in [-0.1, -0.05) is 280 Å². The predicted molar refractivity (Wildman–Crippen MR) is 357 cm³/mol. The normalized spacial score (nSPS) is 13.4. The largest absolute Gasteiger partial charge is 0.462 e. The Morgan fingerprint density at radius 2 is 0.476 bits per heavy atom. The number of hydrogen-bond acceptors (Lipinski definition) is 6. The number of unbranched alkanes of at least 4 members (excludes halogenated alkanes) is 16. The van der Waals surface area contributed by atoms with E-state index < -0.39 is 6.10 Å². The van der Waals surface area contributed by atoms with Crippen LogP contribution in [0.15, 0.2) is 182 Å². The van der Waals surface area contributed by atoms with Gasteiger partial charge < -0.3 is 14.2 Å². The van der Waals surface area contributed by atoms with Crippen molar-refractivity contribution in [2.45, 2.75) is 264 Å². The van der Waals surface area contributed by atoms with Crippen molar-refractivity contribution >= 4 is 17.9 Å². The Morgan fingerprint density at radius 1 is 0.256 bits per heavy atom. The van der Waals surface area contributed by atoms with E-state index in [0.717, 1.165) is 161 Å². The van der Waals surface area contributed by atoms with Crippen LogP contribution in [0.3, 0.4) is 0 Å². The molecule has 0 spiro atoms. The molecule has 0 aliphatic rings. The fourth-order valence-corrected chi connectivity index (χ4v) is 8.32. The zero-order chi connectivity index (χ0) is 59.2. The van der Waals surface area contributed by atoms with Crippen molar-refractivity contribution in [1.82, 2.24) is 0 Å². The van der Waals surface area contributed by atoms with Crippen LogP contribution in [-0.2, 0) is 28.6 Å². The van der Waals surface area contributed by atoms with Gasteiger partial charge in [-0.15, -0.1) is 0 Å². The van der Waals surface area contributed by atoms with Crippen LogP contribution >= 0.6 is 0 Å². The lowest BCUT2D eigenvalue weighted by molar-refractivity contribution is -0.167. The van der Waals surface area contributed by atoms with E-state index >= 15 is 0 Å². The van der Waals surface area contributed by atoms with Crippen LogP contribution in [0.1, 0.15) is 258 Å². The van der Waals surface area contributed by atoms with Crippen molar-refractivity contribution in [1.29, 1.82) is 0 Å². The maximum atomic E-state index is 12.9. The maximum Gasteiger partial charge on any atom is 0.306 e. The molecule has 0 heterocycles. The summed E-state index contributed by atoms with van der Waals surface area (Å²) in [6, 6.07) is 0. The van der Waals surface area contributed by atoms with Gasteiger partial charge in [0.2, 0.25) is 0 Å². The highest BCUT2D eigenvalue weighted by Gasteiger charge is 2.19. The van der Waals surface area contributed by atoms with E-state index in [2.05, 4.69) is 203 Å². The van der Waals surface area contributed by atoms with Crippen LogP contribution in [-0.4, -0.2) is 37.2 Å². The van der Waals surface area contributed by atoms with Crippen LogP contribution < -0.4 is 0 Å². The molecule has 0 aromatic carbocycles. The van der Waals surface area contributed by atoms with Gasteiger partial charge in [0, 0.05) is 19.3 Å². The first-order chi connectivity index (χ1) is 40.5. The second kappa shape index (κ2) is 68.0. The molecule has 82 heavy (non-hydrogen) atoms. The van der Waals surface area contributed by atoms with E-state index in [1.807, 2.05) is 0 Å². The molecule has 1 unspecified atom stereocenters. The summed E-state index contributed by atoms with van der Waals surface area (Å²) in [5, 5.41) is 0. The third kappa shape index (κ3) is 65.3. The second-order valence-electron chi connectivity index (χ2n) is 20.9. The molecule has 6 nitrogen and oxygen atoms in total. The molecule has 0 radical (unpaired) electrons. The van der Waals surface area contributed by atoms with E-state index in [-0.39, 0.29) is 31.1 Å². The summed E-state index contributed by atoms with van der Waals surface area (Å²) in [5.41, 5.74) is 0. The summed E-state index contributed by atoms with van der Waals surface area (Å²) in [6.45, 7) is 6.32. The Bertz CT molecular complexity index is 1920. The molecule has 0 aromatic heterocycles. The monoisotopic (exact) mass is 1130 g/mol. The first-order valence-corrected chi connectivity index (χ1v) is 32.8. The smallest absolute Gasteiger partial charge is 0.306 e. The topological polar surface area (TPSA) is 78.9 Å². The summed E-state index contributed by atoms with van der Waals surface area (Å²) >= 11 is 0. The lowest BCUT2D eigenvalue weighted by atomic mass is 10.1. The summed E-state index contributed by atoms with van der Waals surface area (Å²) in [5.74, 6) is -0.972. The van der Waals surface area contributed by atoms with Gasteiger partial charge in [0.15, 0.2) is 6.10 Å². The average Bonchev–Trinajstić information content (AvgIpc) is 3.47. The van der Waals surface area contributed by atoms with Gasteiger partial charge >= 0.3 is 17.9 Å². The number of ether oxygens (including phenoxy) is 3. The highest BCUT2D eigenvalue weighted by atomic mass is 16.6. The SMILES string of the molecule is CC/C=C\C/C=C\C/C=C\C/C=C\C/C=C\C/C=C\C/C=C\C/C=C\C/C=C\C/C=C\CCCCC(=O)OCC(COC(=O)CCCCCCCCCC)OC(=O)CCCCCCCCC/C=C\C/C=C\C/C=C\C/C=C\C/C=C\CC. The Hall–Kier alpha value is -5.49. The second-order valence-corrected chi connectivity index (χ2v) is 20.9. The maximum absolute atomic E-state index is 12.9. The van der Waals surface area contributed by atoms with Crippen LogP contribution in [0, 0.1) is 0 Å². The van der Waals surface area contributed by atoms with Gasteiger partial charge in [0.25, 0.3) is 0 Å². The van der Waals surface area contributed by atoms with E-state index in [4.69, 9.17) is 14.2 Å². The van der Waals surface area contributed by atoms with Gasteiger partial charge in [-0.2, -0.15) is 0 Å². The lowest BCUT2D eigenvalue weighted by Gasteiger charge is -2.18. The minimum Gasteiger partial charge on any atom is -0.462 e. The predicted octanol–water partition coefficient (Wildman–Crippen LogP) is 22.8. The molecular weight excluding hydrogens is 1010 g/mol. The van der Waals surface area contributed by atoms with Crippen LogP contribution in [0.5, 0.6) is 0 Å². The molecule has 0 bridgehead atoms. The quantitative estimate of drug-likeness (QED) is 0.0261. The molecule has 6 heteroatoms. The van der Waals surface area contributed by atoms with Crippen molar-refractivity contribution in [3.05, 3.63) is 182 Å². The molecule has 0 aliphatic carbocycles. The molecule has 0 aliphatic heterocycles. The van der Waals surface area contributed by atoms with E-state index in [1.54, 1.807) is 0 Å². The summed E-state index contributed by atoms with van der Waals surface area (Å²) < 4.78 is 16.8. The van der Waals surface area contributed by atoms with Crippen molar-refractivity contribution in [3.63, 3.8) is 0 Å². The van der Waals surface area contributed by atoms with Gasteiger partial charge in [0.05, 0.1) is 0 Å². The fraction of sp³-hybridized carbons (Fsp3) is 0.566.